The van der Waals surface area contributed by atoms with Gasteiger partial charge in [0.05, 0.1) is 5.56 Å². The lowest BCUT2D eigenvalue weighted by molar-refractivity contribution is -0.126. The number of pyridine rings is 1. The summed E-state index contributed by atoms with van der Waals surface area (Å²) < 4.78 is 28.7. The summed E-state index contributed by atoms with van der Waals surface area (Å²) in [5.41, 5.74) is 2.24. The number of likely N-dealkylation sites (tertiary alicyclic amines) is 1. The number of aromatic amines is 1. The highest BCUT2D eigenvalue weighted by molar-refractivity contribution is 7.89. The number of aromatic nitrogens is 2. The van der Waals surface area contributed by atoms with Gasteiger partial charge in [0.2, 0.25) is 15.9 Å². The van der Waals surface area contributed by atoms with Crippen LogP contribution in [0.4, 0.5) is 0 Å². The molecule has 4 rings (SSSR count). The Labute approximate surface area is 201 Å². The molecule has 2 fully saturated rings. The normalized spacial score (nSPS) is 18.1. The van der Waals surface area contributed by atoms with Gasteiger partial charge in [0.25, 0.3) is 5.91 Å². The summed E-state index contributed by atoms with van der Waals surface area (Å²) in [6, 6.07) is 3.71. The zero-order chi connectivity index (χ0) is 24.3. The van der Waals surface area contributed by atoms with Crippen LogP contribution in [0.1, 0.15) is 59.4 Å². The summed E-state index contributed by atoms with van der Waals surface area (Å²) in [5, 5.41) is 2.92. The number of sulfonamides is 1. The number of piperidine rings is 2. The molecule has 0 saturated carbocycles. The molecule has 2 aromatic heterocycles. The predicted octanol–water partition coefficient (Wildman–Crippen LogP) is 2.37. The van der Waals surface area contributed by atoms with Crippen molar-refractivity contribution >= 4 is 21.8 Å². The molecule has 2 amide bonds. The van der Waals surface area contributed by atoms with Crippen LogP contribution in [-0.2, 0) is 21.4 Å². The van der Waals surface area contributed by atoms with E-state index in [2.05, 4.69) is 15.3 Å². The van der Waals surface area contributed by atoms with Crippen molar-refractivity contribution < 1.29 is 18.0 Å². The molecule has 2 saturated heterocycles. The Morgan fingerprint density at radius 3 is 2.44 bits per heavy atom. The minimum atomic E-state index is -3.88. The summed E-state index contributed by atoms with van der Waals surface area (Å²) in [4.78, 5) is 34.9. The molecule has 2 aliphatic rings. The smallest absolute Gasteiger partial charge is 0.257 e. The molecule has 0 unspecified atom stereocenters. The van der Waals surface area contributed by atoms with E-state index in [9.17, 15) is 18.0 Å². The number of carbonyl (C=O) groups excluding carboxylic acids is 2. The SMILES string of the molecule is Cc1[nH]c(C)c(S(=O)(=O)N2CCC(C(=O)NCc3cccnc3)CC2)c1C(=O)N1CCCCC1. The van der Waals surface area contributed by atoms with Crippen LogP contribution in [0.3, 0.4) is 0 Å². The summed E-state index contributed by atoms with van der Waals surface area (Å²) in [5.74, 6) is -0.535. The second-order valence-corrected chi connectivity index (χ2v) is 11.1. The maximum atomic E-state index is 13.6. The average Bonchev–Trinajstić information content (AvgIpc) is 3.17. The van der Waals surface area contributed by atoms with E-state index in [0.717, 1.165) is 24.8 Å². The molecular weight excluding hydrogens is 454 g/mol. The van der Waals surface area contributed by atoms with Gasteiger partial charge < -0.3 is 15.2 Å². The first kappa shape index (κ1) is 24.4. The highest BCUT2D eigenvalue weighted by Crippen LogP contribution is 2.31. The molecule has 4 heterocycles. The summed E-state index contributed by atoms with van der Waals surface area (Å²) in [6.07, 6.45) is 7.23. The van der Waals surface area contributed by atoms with Crippen LogP contribution in [0.15, 0.2) is 29.4 Å². The molecule has 0 aliphatic carbocycles. The largest absolute Gasteiger partial charge is 0.361 e. The lowest BCUT2D eigenvalue weighted by Gasteiger charge is -2.31. The molecule has 34 heavy (non-hydrogen) atoms. The van der Waals surface area contributed by atoms with Crippen LogP contribution in [-0.4, -0.2) is 65.6 Å². The average molecular weight is 488 g/mol. The van der Waals surface area contributed by atoms with Gasteiger partial charge in [0.1, 0.15) is 4.90 Å². The van der Waals surface area contributed by atoms with E-state index in [4.69, 9.17) is 0 Å². The van der Waals surface area contributed by atoms with Crippen LogP contribution in [0.25, 0.3) is 0 Å². The van der Waals surface area contributed by atoms with Crippen molar-refractivity contribution in [3.63, 3.8) is 0 Å². The van der Waals surface area contributed by atoms with Crippen molar-refractivity contribution in [3.8, 4) is 0 Å². The Bertz CT molecular complexity index is 1130. The minimum absolute atomic E-state index is 0.0736. The van der Waals surface area contributed by atoms with E-state index in [1.807, 2.05) is 12.1 Å². The molecule has 0 radical (unpaired) electrons. The van der Waals surface area contributed by atoms with Crippen LogP contribution in [0, 0.1) is 19.8 Å². The number of rotatable bonds is 6. The molecule has 0 atom stereocenters. The Kier molecular flexibility index (Phi) is 7.37. The maximum Gasteiger partial charge on any atom is 0.257 e. The highest BCUT2D eigenvalue weighted by atomic mass is 32.2. The predicted molar refractivity (Wildman–Crippen MR) is 128 cm³/mol. The molecule has 9 nitrogen and oxygen atoms in total. The fraction of sp³-hybridized carbons (Fsp3) is 0.542. The molecule has 2 N–H and O–H groups in total. The topological polar surface area (TPSA) is 115 Å². The fourth-order valence-corrected chi connectivity index (χ4v) is 6.80. The van der Waals surface area contributed by atoms with Gasteiger partial charge in [0, 0.05) is 62.4 Å². The van der Waals surface area contributed by atoms with Crippen LogP contribution < -0.4 is 5.32 Å². The molecule has 2 aliphatic heterocycles. The number of H-pyrrole nitrogens is 1. The minimum Gasteiger partial charge on any atom is -0.361 e. The Morgan fingerprint density at radius 1 is 1.09 bits per heavy atom. The maximum absolute atomic E-state index is 13.6. The summed E-state index contributed by atoms with van der Waals surface area (Å²) in [6.45, 7) is 5.65. The quantitative estimate of drug-likeness (QED) is 0.649. The van der Waals surface area contributed by atoms with Gasteiger partial charge >= 0.3 is 0 Å². The highest BCUT2D eigenvalue weighted by Gasteiger charge is 2.38. The third-order valence-corrected chi connectivity index (χ3v) is 8.86. The van der Waals surface area contributed by atoms with E-state index in [0.29, 0.717) is 43.9 Å². The standard InChI is InChI=1S/C24H33N5O4S/c1-17-21(24(31)28-11-4-3-5-12-28)22(18(2)27-17)34(32,33)29-13-8-20(9-14-29)23(30)26-16-19-7-6-10-25-15-19/h6-7,10,15,20,27H,3-5,8-9,11-14,16H2,1-2H3,(H,26,30). The zero-order valence-electron chi connectivity index (χ0n) is 19.8. The first-order valence-corrected chi connectivity index (χ1v) is 13.4. The van der Waals surface area contributed by atoms with Gasteiger partial charge in [-0.3, -0.25) is 14.6 Å². The molecule has 2 aromatic rings. The van der Waals surface area contributed by atoms with Gasteiger partial charge in [-0.1, -0.05) is 6.07 Å². The van der Waals surface area contributed by atoms with Gasteiger partial charge in [-0.2, -0.15) is 4.31 Å². The molecule has 0 bridgehead atoms. The fourth-order valence-electron chi connectivity index (χ4n) is 4.92. The molecule has 184 valence electrons. The van der Waals surface area contributed by atoms with Crippen molar-refractivity contribution in [1.29, 1.82) is 0 Å². The van der Waals surface area contributed by atoms with Crippen LogP contribution >= 0.6 is 0 Å². The molecule has 0 spiro atoms. The van der Waals surface area contributed by atoms with Gasteiger partial charge in [0.15, 0.2) is 0 Å². The zero-order valence-corrected chi connectivity index (χ0v) is 20.7. The molecular formula is C24H33N5O4S. The first-order chi connectivity index (χ1) is 16.3. The molecule has 0 aromatic carbocycles. The van der Waals surface area contributed by atoms with Crippen LogP contribution in [0.2, 0.25) is 0 Å². The van der Waals surface area contributed by atoms with Crippen molar-refractivity contribution in [2.24, 2.45) is 5.92 Å². The monoisotopic (exact) mass is 487 g/mol. The van der Waals surface area contributed by atoms with Crippen molar-refractivity contribution in [1.82, 2.24) is 24.5 Å². The van der Waals surface area contributed by atoms with E-state index < -0.39 is 10.0 Å². The van der Waals surface area contributed by atoms with Crippen molar-refractivity contribution in [3.05, 3.63) is 47.0 Å². The lowest BCUT2D eigenvalue weighted by Crippen LogP contribution is -2.43. The number of aryl methyl sites for hydroxylation is 2. The Hall–Kier alpha value is -2.72. The number of hydrogen-bond acceptors (Lipinski definition) is 5. The lowest BCUT2D eigenvalue weighted by atomic mass is 9.97. The third kappa shape index (κ3) is 5.02. The first-order valence-electron chi connectivity index (χ1n) is 11.9. The molecule has 10 heteroatoms. The van der Waals surface area contributed by atoms with Crippen molar-refractivity contribution in [2.75, 3.05) is 26.2 Å². The van der Waals surface area contributed by atoms with Crippen molar-refractivity contribution in [2.45, 2.75) is 57.4 Å². The van der Waals surface area contributed by atoms with E-state index in [-0.39, 0.29) is 41.3 Å². The Morgan fingerprint density at radius 2 is 1.79 bits per heavy atom. The van der Waals surface area contributed by atoms with E-state index in [1.54, 1.807) is 31.1 Å². The second kappa shape index (κ2) is 10.3. The number of nitrogens with zero attached hydrogens (tertiary/aromatic N) is 3. The third-order valence-electron chi connectivity index (χ3n) is 6.79. The van der Waals surface area contributed by atoms with E-state index in [1.165, 1.54) is 4.31 Å². The van der Waals surface area contributed by atoms with Crippen LogP contribution in [0.5, 0.6) is 0 Å². The van der Waals surface area contributed by atoms with Gasteiger partial charge in [-0.05, 0) is 57.6 Å². The van der Waals surface area contributed by atoms with E-state index >= 15 is 0 Å². The second-order valence-electron chi connectivity index (χ2n) is 9.19. The number of carbonyl (C=O) groups is 2. The summed E-state index contributed by atoms with van der Waals surface area (Å²) in [7, 11) is -3.88. The number of hydrogen-bond donors (Lipinski definition) is 2. The summed E-state index contributed by atoms with van der Waals surface area (Å²) >= 11 is 0. The Balaban J connectivity index is 1.44. The van der Waals surface area contributed by atoms with Gasteiger partial charge in [-0.25, -0.2) is 8.42 Å². The number of amides is 2. The van der Waals surface area contributed by atoms with Gasteiger partial charge in [-0.15, -0.1) is 0 Å². The number of nitrogens with one attached hydrogen (secondary N) is 2.